The molecule has 0 aliphatic carbocycles. The first-order valence-corrected chi connectivity index (χ1v) is 7.32. The maximum Gasteiger partial charge on any atom is 0.195 e. The normalized spacial score (nSPS) is 10.0. The molecule has 1 aromatic heterocycles. The number of aryl methyl sites for hydroxylation is 1. The monoisotopic (exact) mass is 313 g/mol. The molecule has 0 atom stereocenters. The lowest BCUT2D eigenvalue weighted by molar-refractivity contribution is 0.563. The number of pyridine rings is 1. The Balaban J connectivity index is 2.03. The molecule has 4 N–H and O–H groups in total. The van der Waals surface area contributed by atoms with Crippen LogP contribution in [0.2, 0.25) is 0 Å². The molecule has 1 heterocycles. The number of hydrogen-bond donors (Lipinski definition) is 3. The summed E-state index contributed by atoms with van der Waals surface area (Å²) in [6.45, 7) is 2.94. The van der Waals surface area contributed by atoms with Crippen LogP contribution in [-0.2, 0) is 13.1 Å². The van der Waals surface area contributed by atoms with Crippen LogP contribution >= 0.6 is 12.2 Å². The molecule has 22 heavy (non-hydrogen) atoms. The fraction of sp³-hybridized carbons (Fsp3) is 0.188. The fourth-order valence-electron chi connectivity index (χ4n) is 1.97. The second-order valence-electron chi connectivity index (χ2n) is 4.88. The molecule has 0 saturated heterocycles. The number of nitrogens with zero attached hydrogens (tertiary/aromatic N) is 2. The third kappa shape index (κ3) is 4.26. The van der Waals surface area contributed by atoms with E-state index in [1.165, 1.54) is 4.90 Å². The minimum absolute atomic E-state index is 0.101. The molecule has 1 aromatic carbocycles. The summed E-state index contributed by atoms with van der Waals surface area (Å²) in [7, 11) is 0. The van der Waals surface area contributed by atoms with E-state index in [2.05, 4.69) is 10.3 Å². The number of benzene rings is 1. The largest absolute Gasteiger partial charge is 0.370 e. The van der Waals surface area contributed by atoms with E-state index in [4.69, 9.17) is 23.4 Å². The molecule has 0 amide bonds. The number of nitrogens with two attached hydrogens (primary N) is 1. The second-order valence-corrected chi connectivity index (χ2v) is 5.27. The average Bonchev–Trinajstić information content (AvgIpc) is 2.52. The Bertz CT molecular complexity index is 657. The van der Waals surface area contributed by atoms with Crippen LogP contribution in [0.5, 0.6) is 0 Å². The van der Waals surface area contributed by atoms with Crippen molar-refractivity contribution in [3.8, 4) is 0 Å². The van der Waals surface area contributed by atoms with Gasteiger partial charge in [-0.2, -0.15) is 0 Å². The van der Waals surface area contributed by atoms with E-state index < -0.39 is 0 Å². The highest BCUT2D eigenvalue weighted by atomic mass is 32.1. The van der Waals surface area contributed by atoms with E-state index in [9.17, 15) is 0 Å². The van der Waals surface area contributed by atoms with Gasteiger partial charge in [-0.05, 0) is 36.3 Å². The van der Waals surface area contributed by atoms with E-state index in [1.807, 2.05) is 49.4 Å². The summed E-state index contributed by atoms with van der Waals surface area (Å²) in [5.74, 6) is -0.101. The molecule has 0 unspecified atom stereocenters. The van der Waals surface area contributed by atoms with Crippen molar-refractivity contribution >= 4 is 23.3 Å². The zero-order valence-electron chi connectivity index (χ0n) is 12.4. The second kappa shape index (κ2) is 7.51. The van der Waals surface area contributed by atoms with Crippen molar-refractivity contribution in [2.45, 2.75) is 20.0 Å². The molecule has 0 aliphatic rings. The molecule has 0 aliphatic heterocycles. The lowest BCUT2D eigenvalue weighted by atomic mass is 10.2. The highest BCUT2D eigenvalue weighted by Gasteiger charge is 2.14. The first-order chi connectivity index (χ1) is 10.6. The first kappa shape index (κ1) is 15.9. The molecule has 2 rings (SSSR count). The summed E-state index contributed by atoms with van der Waals surface area (Å²) < 4.78 is 0. The van der Waals surface area contributed by atoms with E-state index in [0.29, 0.717) is 18.2 Å². The number of rotatable bonds is 4. The van der Waals surface area contributed by atoms with Crippen LogP contribution < -0.4 is 11.1 Å². The predicted octanol–water partition coefficient (Wildman–Crippen LogP) is 2.16. The molecular formula is C16H19N5S. The Morgan fingerprint density at radius 1 is 1.27 bits per heavy atom. The highest BCUT2D eigenvalue weighted by Crippen LogP contribution is 2.08. The SMILES string of the molecule is Cc1cccnc1CN(C(=N)N)C(=S)NCc1ccccc1. The van der Waals surface area contributed by atoms with Crippen LogP contribution in [0.4, 0.5) is 0 Å². The van der Waals surface area contributed by atoms with Gasteiger partial charge in [-0.15, -0.1) is 0 Å². The van der Waals surface area contributed by atoms with Gasteiger partial charge < -0.3 is 11.1 Å². The number of aromatic nitrogens is 1. The number of hydrogen-bond acceptors (Lipinski definition) is 3. The van der Waals surface area contributed by atoms with Crippen LogP contribution in [0.3, 0.4) is 0 Å². The topological polar surface area (TPSA) is 78.0 Å². The van der Waals surface area contributed by atoms with Crippen molar-refractivity contribution in [1.82, 2.24) is 15.2 Å². The molecule has 0 fully saturated rings. The summed E-state index contributed by atoms with van der Waals surface area (Å²) in [5.41, 5.74) is 8.66. The standard InChI is InChI=1S/C16H19N5S/c1-12-6-5-9-19-14(12)11-21(15(17)18)16(22)20-10-13-7-3-2-4-8-13/h2-9H,10-11H2,1H3,(H3,17,18)(H,20,22). The van der Waals surface area contributed by atoms with Gasteiger partial charge in [0, 0.05) is 12.7 Å². The molecule has 0 saturated carbocycles. The smallest absolute Gasteiger partial charge is 0.195 e. The molecular weight excluding hydrogens is 294 g/mol. The summed E-state index contributed by atoms with van der Waals surface area (Å²) in [5, 5.41) is 11.3. The Morgan fingerprint density at radius 2 is 2.00 bits per heavy atom. The van der Waals surface area contributed by atoms with Crippen LogP contribution in [0, 0.1) is 12.3 Å². The number of thiocarbonyl (C=S) groups is 1. The fourth-order valence-corrected chi connectivity index (χ4v) is 2.20. The molecule has 5 nitrogen and oxygen atoms in total. The number of nitrogens with one attached hydrogen (secondary N) is 2. The number of guanidine groups is 1. The van der Waals surface area contributed by atoms with Gasteiger partial charge >= 0.3 is 0 Å². The molecule has 0 radical (unpaired) electrons. The van der Waals surface area contributed by atoms with Crippen LogP contribution in [0.25, 0.3) is 0 Å². The summed E-state index contributed by atoms with van der Waals surface area (Å²) >= 11 is 5.36. The van der Waals surface area contributed by atoms with Gasteiger partial charge in [-0.3, -0.25) is 15.3 Å². The van der Waals surface area contributed by atoms with Crippen molar-refractivity contribution in [3.63, 3.8) is 0 Å². The Hall–Kier alpha value is -2.47. The summed E-state index contributed by atoms with van der Waals surface area (Å²) in [4.78, 5) is 5.86. The molecule has 114 valence electrons. The Labute approximate surface area is 135 Å². The average molecular weight is 313 g/mol. The van der Waals surface area contributed by atoms with Crippen molar-refractivity contribution in [1.29, 1.82) is 5.41 Å². The molecule has 2 aromatic rings. The van der Waals surface area contributed by atoms with Crippen molar-refractivity contribution < 1.29 is 0 Å². The summed E-state index contributed by atoms with van der Waals surface area (Å²) in [6, 6.07) is 13.8. The van der Waals surface area contributed by atoms with E-state index in [0.717, 1.165) is 16.8 Å². The van der Waals surface area contributed by atoms with Crippen molar-refractivity contribution in [2.75, 3.05) is 0 Å². The predicted molar refractivity (Wildman–Crippen MR) is 92.3 cm³/mol. The van der Waals surface area contributed by atoms with Gasteiger partial charge in [0.05, 0.1) is 12.2 Å². The lowest BCUT2D eigenvalue weighted by Gasteiger charge is -2.24. The van der Waals surface area contributed by atoms with Gasteiger partial charge in [0.15, 0.2) is 11.1 Å². The van der Waals surface area contributed by atoms with E-state index in [-0.39, 0.29) is 5.96 Å². The van der Waals surface area contributed by atoms with Crippen LogP contribution in [0.1, 0.15) is 16.8 Å². The van der Waals surface area contributed by atoms with Gasteiger partial charge in [0.25, 0.3) is 0 Å². The Morgan fingerprint density at radius 3 is 2.64 bits per heavy atom. The van der Waals surface area contributed by atoms with Gasteiger partial charge in [-0.25, -0.2) is 0 Å². The van der Waals surface area contributed by atoms with E-state index in [1.54, 1.807) is 6.20 Å². The maximum absolute atomic E-state index is 7.73. The van der Waals surface area contributed by atoms with Crippen molar-refractivity contribution in [2.24, 2.45) is 5.73 Å². The van der Waals surface area contributed by atoms with Gasteiger partial charge in [0.1, 0.15) is 0 Å². The third-order valence-corrected chi connectivity index (χ3v) is 3.61. The highest BCUT2D eigenvalue weighted by molar-refractivity contribution is 7.80. The third-order valence-electron chi connectivity index (χ3n) is 3.25. The van der Waals surface area contributed by atoms with Gasteiger partial charge in [-0.1, -0.05) is 36.4 Å². The summed E-state index contributed by atoms with van der Waals surface area (Å²) in [6.07, 6.45) is 1.72. The van der Waals surface area contributed by atoms with Gasteiger partial charge in [0.2, 0.25) is 0 Å². The Kier molecular flexibility index (Phi) is 5.43. The minimum Gasteiger partial charge on any atom is -0.370 e. The zero-order valence-corrected chi connectivity index (χ0v) is 13.2. The lowest BCUT2D eigenvalue weighted by Crippen LogP contribution is -2.46. The molecule has 0 bridgehead atoms. The van der Waals surface area contributed by atoms with Crippen LogP contribution in [-0.4, -0.2) is 21.0 Å². The maximum atomic E-state index is 7.73. The zero-order chi connectivity index (χ0) is 15.9. The molecule has 6 heteroatoms. The molecule has 0 spiro atoms. The first-order valence-electron chi connectivity index (χ1n) is 6.91. The minimum atomic E-state index is -0.101. The van der Waals surface area contributed by atoms with Crippen LogP contribution in [0.15, 0.2) is 48.7 Å². The quantitative estimate of drug-likeness (QED) is 0.458. The van der Waals surface area contributed by atoms with E-state index >= 15 is 0 Å². The van der Waals surface area contributed by atoms with Crippen molar-refractivity contribution in [3.05, 3.63) is 65.5 Å².